The Bertz CT molecular complexity index is 636. The number of ether oxygens (including phenoxy) is 1. The maximum Gasteiger partial charge on any atom is 0.233 e. The van der Waals surface area contributed by atoms with Gasteiger partial charge in [0.05, 0.1) is 18.1 Å². The van der Waals surface area contributed by atoms with Crippen LogP contribution >= 0.6 is 0 Å². The van der Waals surface area contributed by atoms with E-state index >= 15 is 0 Å². The standard InChI is InChI=1S/C18H19NO2/c1-12(2)10-16-18-9-8-14(21-18)11-15(18)17(20)19(16)13-6-4-3-5-7-13/h3-9,14-16H,1,10-11H2,2H3/t14-,15+,16+,18+/m1/s1. The molecule has 3 aliphatic rings. The zero-order valence-corrected chi connectivity index (χ0v) is 12.2. The lowest BCUT2D eigenvalue weighted by molar-refractivity contribution is -0.121. The molecule has 21 heavy (non-hydrogen) atoms. The molecule has 1 spiro atoms. The Morgan fingerprint density at radius 3 is 2.86 bits per heavy atom. The summed E-state index contributed by atoms with van der Waals surface area (Å²) in [5.41, 5.74) is 1.59. The summed E-state index contributed by atoms with van der Waals surface area (Å²) in [5, 5.41) is 0. The Labute approximate surface area is 124 Å². The smallest absolute Gasteiger partial charge is 0.233 e. The normalized spacial score (nSPS) is 36.3. The van der Waals surface area contributed by atoms with Crippen molar-refractivity contribution in [3.63, 3.8) is 0 Å². The van der Waals surface area contributed by atoms with Crippen LogP contribution in [-0.4, -0.2) is 23.7 Å². The lowest BCUT2D eigenvalue weighted by atomic mass is 9.80. The van der Waals surface area contributed by atoms with Crippen molar-refractivity contribution in [2.24, 2.45) is 5.92 Å². The SMILES string of the molecule is C=C(C)C[C@@H]1N(c2ccccc2)C(=O)[C@@H]2C[C@H]3C=C[C@@]12O3. The van der Waals surface area contributed by atoms with Crippen molar-refractivity contribution < 1.29 is 9.53 Å². The van der Waals surface area contributed by atoms with Crippen molar-refractivity contribution in [1.82, 2.24) is 0 Å². The van der Waals surface area contributed by atoms with E-state index < -0.39 is 5.60 Å². The zero-order chi connectivity index (χ0) is 14.6. The summed E-state index contributed by atoms with van der Waals surface area (Å²) < 4.78 is 6.20. The highest BCUT2D eigenvalue weighted by Gasteiger charge is 2.65. The summed E-state index contributed by atoms with van der Waals surface area (Å²) in [4.78, 5) is 14.9. The maximum atomic E-state index is 12.9. The second-order valence-corrected chi connectivity index (χ2v) is 6.38. The molecule has 0 aliphatic carbocycles. The van der Waals surface area contributed by atoms with E-state index in [1.807, 2.05) is 42.2 Å². The van der Waals surface area contributed by atoms with E-state index in [2.05, 4.69) is 18.7 Å². The van der Waals surface area contributed by atoms with Gasteiger partial charge >= 0.3 is 0 Å². The van der Waals surface area contributed by atoms with Gasteiger partial charge in [0.1, 0.15) is 5.60 Å². The molecule has 0 saturated carbocycles. The van der Waals surface area contributed by atoms with E-state index in [4.69, 9.17) is 4.74 Å². The molecule has 2 bridgehead atoms. The molecule has 4 rings (SSSR count). The molecule has 4 atom stereocenters. The molecule has 3 aliphatic heterocycles. The number of carbonyl (C=O) groups excluding carboxylic acids is 1. The summed E-state index contributed by atoms with van der Waals surface area (Å²) >= 11 is 0. The Kier molecular flexibility index (Phi) is 2.64. The van der Waals surface area contributed by atoms with E-state index in [9.17, 15) is 4.79 Å². The molecular formula is C18H19NO2. The van der Waals surface area contributed by atoms with Crippen LogP contribution in [0.5, 0.6) is 0 Å². The average molecular weight is 281 g/mol. The van der Waals surface area contributed by atoms with Gasteiger partial charge in [0, 0.05) is 5.69 Å². The van der Waals surface area contributed by atoms with Crippen LogP contribution in [0.15, 0.2) is 54.6 Å². The predicted molar refractivity (Wildman–Crippen MR) is 82.0 cm³/mol. The molecule has 0 aromatic heterocycles. The Hall–Kier alpha value is -1.87. The van der Waals surface area contributed by atoms with Gasteiger partial charge in [-0.25, -0.2) is 0 Å². The maximum absolute atomic E-state index is 12.9. The number of nitrogens with zero attached hydrogens (tertiary/aromatic N) is 1. The number of fused-ring (bicyclic) bond motifs is 1. The summed E-state index contributed by atoms with van der Waals surface area (Å²) in [6.45, 7) is 6.06. The van der Waals surface area contributed by atoms with Crippen LogP contribution in [0.4, 0.5) is 5.69 Å². The molecule has 0 unspecified atom stereocenters. The van der Waals surface area contributed by atoms with Gasteiger partial charge in [-0.15, -0.1) is 6.58 Å². The van der Waals surface area contributed by atoms with E-state index in [0.29, 0.717) is 0 Å². The number of carbonyl (C=O) groups is 1. The van der Waals surface area contributed by atoms with Crippen molar-refractivity contribution in [1.29, 1.82) is 0 Å². The highest BCUT2D eigenvalue weighted by Crippen LogP contribution is 2.54. The van der Waals surface area contributed by atoms with E-state index in [-0.39, 0.29) is 24.0 Å². The number of para-hydroxylation sites is 1. The molecule has 1 amide bonds. The van der Waals surface area contributed by atoms with Crippen LogP contribution in [0.3, 0.4) is 0 Å². The first-order valence-corrected chi connectivity index (χ1v) is 7.51. The molecule has 1 aromatic carbocycles. The van der Waals surface area contributed by atoms with Crippen molar-refractivity contribution >= 4 is 11.6 Å². The highest BCUT2D eigenvalue weighted by atomic mass is 16.5. The number of benzene rings is 1. The summed E-state index contributed by atoms with van der Waals surface area (Å²) in [7, 11) is 0. The van der Waals surface area contributed by atoms with E-state index in [1.165, 1.54) is 0 Å². The van der Waals surface area contributed by atoms with E-state index in [0.717, 1.165) is 24.1 Å². The van der Waals surface area contributed by atoms with Crippen molar-refractivity contribution in [2.45, 2.75) is 37.5 Å². The quantitative estimate of drug-likeness (QED) is 0.797. The summed E-state index contributed by atoms with van der Waals surface area (Å²) in [6.07, 6.45) is 5.94. The Morgan fingerprint density at radius 1 is 1.43 bits per heavy atom. The van der Waals surface area contributed by atoms with E-state index in [1.54, 1.807) is 0 Å². The largest absolute Gasteiger partial charge is 0.361 e. The molecule has 108 valence electrons. The van der Waals surface area contributed by atoms with Gasteiger partial charge in [0.25, 0.3) is 0 Å². The summed E-state index contributed by atoms with van der Waals surface area (Å²) in [5.74, 6) is 0.149. The van der Waals surface area contributed by atoms with Gasteiger partial charge < -0.3 is 9.64 Å². The molecule has 2 saturated heterocycles. The van der Waals surface area contributed by atoms with Crippen LogP contribution in [0.1, 0.15) is 19.8 Å². The third-order valence-electron chi connectivity index (χ3n) is 4.88. The number of anilines is 1. The minimum Gasteiger partial charge on any atom is -0.361 e. The number of hydrogen-bond acceptors (Lipinski definition) is 2. The number of rotatable bonds is 3. The molecule has 1 aromatic rings. The zero-order valence-electron chi connectivity index (χ0n) is 12.2. The first-order chi connectivity index (χ1) is 10.1. The average Bonchev–Trinajstić information content (AvgIpc) is 3.11. The highest BCUT2D eigenvalue weighted by molar-refractivity contribution is 6.00. The number of amides is 1. The molecule has 3 heterocycles. The minimum absolute atomic E-state index is 0.0126. The fraction of sp³-hybridized carbons (Fsp3) is 0.389. The molecule has 0 radical (unpaired) electrons. The first-order valence-electron chi connectivity index (χ1n) is 7.51. The third kappa shape index (κ3) is 1.67. The van der Waals surface area contributed by atoms with Gasteiger partial charge in [-0.1, -0.05) is 35.9 Å². The molecule has 3 heteroatoms. The van der Waals surface area contributed by atoms with Gasteiger partial charge in [0.2, 0.25) is 5.91 Å². The Morgan fingerprint density at radius 2 is 2.19 bits per heavy atom. The van der Waals surface area contributed by atoms with Crippen LogP contribution in [0.25, 0.3) is 0 Å². The third-order valence-corrected chi connectivity index (χ3v) is 4.88. The van der Waals surface area contributed by atoms with Gasteiger partial charge in [0.15, 0.2) is 0 Å². The predicted octanol–water partition coefficient (Wildman–Crippen LogP) is 3.08. The summed E-state index contributed by atoms with van der Waals surface area (Å²) in [6, 6.07) is 9.92. The lowest BCUT2D eigenvalue weighted by Crippen LogP contribution is -2.45. The first kappa shape index (κ1) is 12.8. The van der Waals surface area contributed by atoms with Gasteiger partial charge in [-0.3, -0.25) is 4.79 Å². The minimum atomic E-state index is -0.448. The van der Waals surface area contributed by atoms with Crippen LogP contribution < -0.4 is 4.90 Å². The molecule has 3 nitrogen and oxygen atoms in total. The second kappa shape index (κ2) is 4.31. The topological polar surface area (TPSA) is 29.5 Å². The monoisotopic (exact) mass is 281 g/mol. The van der Waals surface area contributed by atoms with Crippen LogP contribution in [-0.2, 0) is 9.53 Å². The molecule has 2 fully saturated rings. The fourth-order valence-corrected chi connectivity index (χ4v) is 4.06. The van der Waals surface area contributed by atoms with Crippen LogP contribution in [0.2, 0.25) is 0 Å². The van der Waals surface area contributed by atoms with Gasteiger partial charge in [-0.2, -0.15) is 0 Å². The van der Waals surface area contributed by atoms with Crippen molar-refractivity contribution in [2.75, 3.05) is 4.90 Å². The van der Waals surface area contributed by atoms with Gasteiger partial charge in [-0.05, 0) is 31.9 Å². The van der Waals surface area contributed by atoms with Crippen molar-refractivity contribution in [3.8, 4) is 0 Å². The van der Waals surface area contributed by atoms with Crippen molar-refractivity contribution in [3.05, 3.63) is 54.6 Å². The lowest BCUT2D eigenvalue weighted by Gasteiger charge is -2.33. The van der Waals surface area contributed by atoms with Crippen LogP contribution in [0, 0.1) is 5.92 Å². The fourth-order valence-electron chi connectivity index (χ4n) is 4.06. The second-order valence-electron chi connectivity index (χ2n) is 6.38. The Balaban J connectivity index is 1.81. The molecular weight excluding hydrogens is 262 g/mol. The molecule has 0 N–H and O–H groups in total. The number of hydrogen-bond donors (Lipinski definition) is 0.